The highest BCUT2D eigenvalue weighted by Crippen LogP contribution is 2.62. The fourth-order valence-electron chi connectivity index (χ4n) is 3.93. The number of halogens is 26. The zero-order valence-electron chi connectivity index (χ0n) is 27.6. The number of carbonyl (C=O) groups excluding carboxylic acids is 2. The van der Waals surface area contributed by atoms with E-state index in [0.717, 1.165) is 13.1 Å². The highest BCUT2D eigenvalue weighted by molar-refractivity contribution is 5.71. The van der Waals surface area contributed by atoms with Crippen LogP contribution in [0.4, 0.5) is 114 Å². The number of hydrogen-bond acceptors (Lipinski definition) is 4. The number of esters is 2. The normalized spacial score (nSPS) is 15.4. The zero-order valence-corrected chi connectivity index (χ0v) is 27.6. The van der Waals surface area contributed by atoms with Gasteiger partial charge in [0.15, 0.2) is 13.3 Å². The molecule has 0 amide bonds. The van der Waals surface area contributed by atoms with Crippen molar-refractivity contribution in [2.24, 2.45) is 0 Å². The number of carbonyl (C=O) groups is 2. The van der Waals surface area contributed by atoms with E-state index in [-0.39, 0.29) is 0 Å². The van der Waals surface area contributed by atoms with Crippen LogP contribution in [-0.4, -0.2) is 141 Å². The van der Waals surface area contributed by atoms with Gasteiger partial charge in [-0.3, -0.25) is 9.59 Å². The summed E-state index contributed by atoms with van der Waals surface area (Å²) in [6.07, 6.45) is -5.90. The molecule has 338 valence electrons. The second-order valence-electron chi connectivity index (χ2n) is 12.0. The maximum atomic E-state index is 14.0. The van der Waals surface area contributed by atoms with Crippen molar-refractivity contribution in [3.05, 3.63) is 12.7 Å². The molecule has 0 aromatic rings. The molecule has 31 heteroatoms. The number of hydrogen-bond donors (Lipinski definition) is 0. The van der Waals surface area contributed by atoms with Crippen LogP contribution in [0.25, 0.3) is 0 Å². The summed E-state index contributed by atoms with van der Waals surface area (Å²) in [5.74, 6) is -96.5. The molecular weight excluding hydrogens is 884 g/mol. The number of quaternary nitrogens is 1. The third kappa shape index (κ3) is 9.35. The van der Waals surface area contributed by atoms with Gasteiger partial charge in [0.05, 0.1) is 13.6 Å². The summed E-state index contributed by atoms with van der Waals surface area (Å²) in [6.45, 7) is -9.74. The molecule has 0 aliphatic heterocycles. The maximum absolute atomic E-state index is 14.0. The summed E-state index contributed by atoms with van der Waals surface area (Å²) in [6, 6.07) is 0. The third-order valence-electron chi connectivity index (χ3n) is 7.63. The molecule has 0 radical (unpaired) electrons. The molecule has 0 rings (SSSR count). The largest absolute Gasteiger partial charge is 0.460 e. The van der Waals surface area contributed by atoms with Gasteiger partial charge < -0.3 is 14.0 Å². The molecule has 0 aromatic heterocycles. The van der Waals surface area contributed by atoms with E-state index in [2.05, 4.69) is 16.1 Å². The lowest BCUT2D eigenvalue weighted by Gasteiger charge is -2.40. The Morgan fingerprint density at radius 1 is 0.456 bits per heavy atom. The molecule has 0 aliphatic carbocycles. The molecule has 0 bridgehead atoms. The van der Waals surface area contributed by atoms with Gasteiger partial charge >= 0.3 is 83.0 Å². The predicted molar refractivity (Wildman–Crippen MR) is 133 cm³/mol. The second-order valence-corrected chi connectivity index (χ2v) is 12.0. The number of ether oxygens (including phenoxy) is 2. The Hall–Kier alpha value is -3.18. The fourth-order valence-corrected chi connectivity index (χ4v) is 3.93. The molecule has 0 aliphatic rings. The van der Waals surface area contributed by atoms with Gasteiger partial charge in [-0.25, -0.2) is 8.78 Å². The summed E-state index contributed by atoms with van der Waals surface area (Å²) in [7, 11) is 0.904. The van der Waals surface area contributed by atoms with Gasteiger partial charge in [-0.1, -0.05) is 6.58 Å². The first-order chi connectivity index (χ1) is 24.9. The van der Waals surface area contributed by atoms with Crippen molar-refractivity contribution in [3.8, 4) is 0 Å². The van der Waals surface area contributed by atoms with Crippen LogP contribution < -0.4 is 0 Å². The molecular formula is C26H24F26NO4+. The van der Waals surface area contributed by atoms with Crippen molar-refractivity contribution < 1.29 is 138 Å². The van der Waals surface area contributed by atoms with Crippen LogP contribution in [0.1, 0.15) is 12.8 Å². The van der Waals surface area contributed by atoms with Crippen LogP contribution in [0.5, 0.6) is 0 Å². The topological polar surface area (TPSA) is 52.6 Å². The van der Waals surface area contributed by atoms with Gasteiger partial charge in [-0.2, -0.15) is 105 Å². The molecule has 0 spiro atoms. The van der Waals surface area contributed by atoms with E-state index in [0.29, 0.717) is 0 Å². The van der Waals surface area contributed by atoms with Gasteiger partial charge in [-0.15, -0.1) is 0 Å². The summed E-state index contributed by atoms with van der Waals surface area (Å²) in [5.41, 5.74) is 0. The van der Waals surface area contributed by atoms with Crippen LogP contribution in [-0.2, 0) is 19.1 Å². The van der Waals surface area contributed by atoms with Crippen molar-refractivity contribution in [1.82, 2.24) is 0 Å². The fraction of sp³-hybridized carbons (Fsp3) is 0.846. The smallest absolute Gasteiger partial charge is 0.384 e. The zero-order chi connectivity index (χ0) is 46.1. The molecule has 0 atom stereocenters. The lowest BCUT2D eigenvalue weighted by atomic mass is 9.90. The lowest BCUT2D eigenvalue weighted by Crippen LogP contribution is -2.71. The molecule has 0 N–H and O–H groups in total. The minimum absolute atomic E-state index is 0.532. The van der Waals surface area contributed by atoms with E-state index in [9.17, 15) is 124 Å². The second kappa shape index (κ2) is 16.5. The van der Waals surface area contributed by atoms with E-state index in [1.807, 2.05) is 0 Å². The highest BCUT2D eigenvalue weighted by Gasteiger charge is 2.91. The molecule has 0 heterocycles. The van der Waals surface area contributed by atoms with E-state index < -0.39 is 147 Å². The molecule has 5 nitrogen and oxygen atoms in total. The van der Waals surface area contributed by atoms with Crippen LogP contribution in [0.15, 0.2) is 12.7 Å². The lowest BCUT2D eigenvalue weighted by molar-refractivity contribution is -0.904. The Morgan fingerprint density at radius 3 is 0.895 bits per heavy atom. The van der Waals surface area contributed by atoms with E-state index in [4.69, 9.17) is 0 Å². The van der Waals surface area contributed by atoms with Crippen LogP contribution in [0.2, 0.25) is 0 Å². The Bertz CT molecular complexity index is 1320. The van der Waals surface area contributed by atoms with Gasteiger partial charge in [0.25, 0.3) is 0 Å². The number of nitrogens with zero attached hydrogens (tertiary/aromatic N) is 1. The molecule has 0 saturated carbocycles. The minimum atomic E-state index is -8.16. The average Bonchev–Trinajstić information content (AvgIpc) is 3.03. The van der Waals surface area contributed by atoms with E-state index in [1.165, 1.54) is 0 Å². The molecule has 0 aromatic carbocycles. The Labute approximate surface area is 300 Å². The van der Waals surface area contributed by atoms with Gasteiger partial charge in [0.1, 0.15) is 39.1 Å². The summed E-state index contributed by atoms with van der Waals surface area (Å²) < 4.78 is 357. The standard InChI is InChI=1S/C26H24F26NO4/c1-3-4-53(2,5-7-56-13(54)9-15(29,30)19(37,38)23(45,46)25(49,50)21(41,42)17(33,34)11-27)6-8-57-14(55)10-16(31,32)20(39,40)24(47,48)26(51,52)22(43,44)18(35,36)12-28/h3H,1,4-12H2,2H3/q+1. The molecule has 0 fully saturated rings. The van der Waals surface area contributed by atoms with Crippen LogP contribution >= 0.6 is 0 Å². The summed E-state index contributed by atoms with van der Waals surface area (Å²) in [4.78, 5) is 23.4. The number of rotatable bonds is 24. The Morgan fingerprint density at radius 2 is 0.684 bits per heavy atom. The SMILES string of the molecule is C=CC[N+](C)(CCOC(=O)CC(F)(F)C(F)(F)C(F)(F)C(F)(F)C(F)(F)C(F)(F)CF)CCOC(=O)CC(F)(F)C(F)(F)C(F)(F)C(F)(F)C(F)(F)C(F)(F)CF. The van der Waals surface area contributed by atoms with E-state index in [1.54, 1.807) is 0 Å². The van der Waals surface area contributed by atoms with Gasteiger partial charge in [-0.05, 0) is 6.08 Å². The molecule has 0 unspecified atom stereocenters. The minimum Gasteiger partial charge on any atom is -0.460 e. The monoisotopic (exact) mass is 908 g/mol. The van der Waals surface area contributed by atoms with Crippen molar-refractivity contribution in [3.63, 3.8) is 0 Å². The van der Waals surface area contributed by atoms with Crippen LogP contribution in [0, 0.1) is 0 Å². The van der Waals surface area contributed by atoms with Crippen LogP contribution in [0.3, 0.4) is 0 Å². The molecule has 0 saturated heterocycles. The van der Waals surface area contributed by atoms with Crippen molar-refractivity contribution in [2.45, 2.75) is 83.9 Å². The molecule has 57 heavy (non-hydrogen) atoms. The number of alkyl halides is 26. The van der Waals surface area contributed by atoms with Crippen molar-refractivity contribution in [2.75, 3.05) is 53.2 Å². The average molecular weight is 908 g/mol. The predicted octanol–water partition coefficient (Wildman–Crippen LogP) is 9.05. The van der Waals surface area contributed by atoms with Crippen molar-refractivity contribution in [1.29, 1.82) is 0 Å². The third-order valence-corrected chi connectivity index (χ3v) is 7.63. The quantitative estimate of drug-likeness (QED) is 0.0420. The summed E-state index contributed by atoms with van der Waals surface area (Å²) >= 11 is 0. The maximum Gasteiger partial charge on any atom is 0.384 e. The first kappa shape index (κ1) is 53.8. The highest BCUT2D eigenvalue weighted by atomic mass is 19.4. The Kier molecular flexibility index (Phi) is 15.5. The summed E-state index contributed by atoms with van der Waals surface area (Å²) in [5, 5.41) is 0. The van der Waals surface area contributed by atoms with E-state index >= 15 is 0 Å². The van der Waals surface area contributed by atoms with Crippen molar-refractivity contribution >= 4 is 11.9 Å². The van der Waals surface area contributed by atoms with Gasteiger partial charge in [0, 0.05) is 0 Å². The Balaban J connectivity index is 5.79. The first-order valence-electron chi connectivity index (χ1n) is 14.3. The van der Waals surface area contributed by atoms with Gasteiger partial charge in [0.2, 0.25) is 0 Å². The first-order valence-corrected chi connectivity index (χ1v) is 14.3. The number of likely N-dealkylation sites (N-methyl/N-ethyl adjacent to an activating group) is 1.